The molecule has 4 heteroatoms. The summed E-state index contributed by atoms with van der Waals surface area (Å²) >= 11 is 0. The fraction of sp³-hybridized carbons (Fsp3) is 0.133. The fourth-order valence-corrected chi connectivity index (χ4v) is 1.65. The van der Waals surface area contributed by atoms with Gasteiger partial charge in [-0.3, -0.25) is 14.6 Å². The van der Waals surface area contributed by atoms with Crippen LogP contribution in [0, 0.1) is 12.7 Å². The third-order valence-electron chi connectivity index (χ3n) is 2.75. The smallest absolute Gasteiger partial charge is 0.188 e. The van der Waals surface area contributed by atoms with E-state index in [4.69, 9.17) is 0 Å². The molecule has 0 bridgehead atoms. The van der Waals surface area contributed by atoms with E-state index in [9.17, 15) is 14.0 Å². The molecule has 2 rings (SSSR count). The summed E-state index contributed by atoms with van der Waals surface area (Å²) in [5.41, 5.74) is 0.934. The van der Waals surface area contributed by atoms with Crippen molar-refractivity contribution in [2.75, 3.05) is 0 Å². The predicted octanol–water partition coefficient (Wildman–Crippen LogP) is 2.98. The minimum Gasteiger partial charge on any atom is -0.294 e. The predicted molar refractivity (Wildman–Crippen MR) is 68.7 cm³/mol. The maximum atomic E-state index is 13.0. The highest BCUT2D eigenvalue weighted by atomic mass is 19.1. The molecule has 19 heavy (non-hydrogen) atoms. The van der Waals surface area contributed by atoms with E-state index in [0.717, 1.165) is 6.20 Å². The van der Waals surface area contributed by atoms with Crippen molar-refractivity contribution in [1.82, 2.24) is 4.98 Å². The van der Waals surface area contributed by atoms with Crippen molar-refractivity contribution >= 4 is 11.6 Å². The number of pyridine rings is 1. The van der Waals surface area contributed by atoms with Gasteiger partial charge in [-0.1, -0.05) is 30.3 Å². The number of hydrogen-bond donors (Lipinski definition) is 0. The van der Waals surface area contributed by atoms with Crippen LogP contribution in [0.15, 0.2) is 42.6 Å². The lowest BCUT2D eigenvalue weighted by molar-refractivity contribution is 0.0891. The number of hydrogen-bond acceptors (Lipinski definition) is 3. The highest BCUT2D eigenvalue weighted by Crippen LogP contribution is 2.10. The van der Waals surface area contributed by atoms with Crippen LogP contribution in [0.4, 0.5) is 4.39 Å². The van der Waals surface area contributed by atoms with Gasteiger partial charge in [-0.05, 0) is 18.6 Å². The molecular weight excluding hydrogens is 245 g/mol. The molecule has 0 N–H and O–H groups in total. The van der Waals surface area contributed by atoms with Crippen LogP contribution in [0.2, 0.25) is 0 Å². The summed E-state index contributed by atoms with van der Waals surface area (Å²) in [6.45, 7) is 1.55. The molecule has 0 atom stereocenters. The number of ketones is 2. The van der Waals surface area contributed by atoms with Crippen LogP contribution in [0.25, 0.3) is 0 Å². The Morgan fingerprint density at radius 3 is 2.47 bits per heavy atom. The second kappa shape index (κ2) is 5.52. The summed E-state index contributed by atoms with van der Waals surface area (Å²) < 4.78 is 13.0. The third-order valence-corrected chi connectivity index (χ3v) is 2.75. The van der Waals surface area contributed by atoms with Crippen molar-refractivity contribution in [1.29, 1.82) is 0 Å². The number of carbonyl (C=O) groups excluding carboxylic acids is 2. The zero-order valence-corrected chi connectivity index (χ0v) is 10.4. The molecule has 3 nitrogen and oxygen atoms in total. The fourth-order valence-electron chi connectivity index (χ4n) is 1.65. The van der Waals surface area contributed by atoms with Gasteiger partial charge in [0.2, 0.25) is 0 Å². The number of rotatable bonds is 4. The van der Waals surface area contributed by atoms with E-state index in [1.807, 2.05) is 0 Å². The normalized spacial score (nSPS) is 10.2. The lowest BCUT2D eigenvalue weighted by atomic mass is 10.0. The van der Waals surface area contributed by atoms with E-state index in [1.165, 1.54) is 6.07 Å². The number of nitrogens with zero attached hydrogens (tertiary/aromatic N) is 1. The Bertz CT molecular complexity index is 623. The van der Waals surface area contributed by atoms with Gasteiger partial charge < -0.3 is 0 Å². The lowest BCUT2D eigenvalue weighted by Crippen LogP contribution is -2.10. The van der Waals surface area contributed by atoms with Gasteiger partial charge in [0, 0.05) is 5.56 Å². The van der Waals surface area contributed by atoms with E-state index < -0.39 is 11.6 Å². The van der Waals surface area contributed by atoms with E-state index in [0.29, 0.717) is 11.1 Å². The second-order valence-corrected chi connectivity index (χ2v) is 4.21. The average Bonchev–Trinajstić information content (AvgIpc) is 2.42. The summed E-state index contributed by atoms with van der Waals surface area (Å²) in [6, 6.07) is 9.92. The SMILES string of the molecule is Cc1cc(C(=O)CC(=O)c2ccccc2)ncc1F. The highest BCUT2D eigenvalue weighted by molar-refractivity contribution is 6.12. The van der Waals surface area contributed by atoms with E-state index in [2.05, 4.69) is 4.98 Å². The lowest BCUT2D eigenvalue weighted by Gasteiger charge is -2.02. The van der Waals surface area contributed by atoms with Crippen LogP contribution < -0.4 is 0 Å². The van der Waals surface area contributed by atoms with Crippen LogP contribution in [0.3, 0.4) is 0 Å². The molecule has 0 aliphatic rings. The zero-order chi connectivity index (χ0) is 13.8. The quantitative estimate of drug-likeness (QED) is 0.625. The van der Waals surface area contributed by atoms with Crippen LogP contribution >= 0.6 is 0 Å². The average molecular weight is 257 g/mol. The van der Waals surface area contributed by atoms with E-state index in [1.54, 1.807) is 37.3 Å². The molecule has 0 amide bonds. The second-order valence-electron chi connectivity index (χ2n) is 4.21. The molecule has 0 aliphatic heterocycles. The van der Waals surface area contributed by atoms with Crippen molar-refractivity contribution < 1.29 is 14.0 Å². The third kappa shape index (κ3) is 3.10. The summed E-state index contributed by atoms with van der Waals surface area (Å²) in [4.78, 5) is 27.5. The van der Waals surface area contributed by atoms with Gasteiger partial charge >= 0.3 is 0 Å². The van der Waals surface area contributed by atoms with Gasteiger partial charge in [-0.15, -0.1) is 0 Å². The minimum atomic E-state index is -0.467. The minimum absolute atomic E-state index is 0.114. The summed E-state index contributed by atoms with van der Waals surface area (Å²) in [5, 5.41) is 0. The van der Waals surface area contributed by atoms with Gasteiger partial charge in [-0.25, -0.2) is 4.39 Å². The van der Waals surface area contributed by atoms with Gasteiger partial charge in [0.05, 0.1) is 12.6 Å². The first-order valence-corrected chi connectivity index (χ1v) is 5.81. The van der Waals surface area contributed by atoms with Gasteiger partial charge in [0.15, 0.2) is 11.6 Å². The summed E-state index contributed by atoms with van der Waals surface area (Å²) in [7, 11) is 0. The number of aryl methyl sites for hydroxylation is 1. The van der Waals surface area contributed by atoms with Gasteiger partial charge in [0.25, 0.3) is 0 Å². The Hall–Kier alpha value is -2.36. The number of aromatic nitrogens is 1. The molecule has 1 aromatic heterocycles. The first-order chi connectivity index (χ1) is 9.08. The summed E-state index contributed by atoms with van der Waals surface area (Å²) in [5.74, 6) is -1.14. The molecule has 1 aromatic carbocycles. The largest absolute Gasteiger partial charge is 0.294 e. The molecule has 0 aliphatic carbocycles. The Morgan fingerprint density at radius 1 is 1.16 bits per heavy atom. The number of benzene rings is 1. The summed E-state index contributed by atoms with van der Waals surface area (Å²) in [6.07, 6.45) is 0.734. The van der Waals surface area contributed by atoms with Crippen molar-refractivity contribution in [2.24, 2.45) is 0 Å². The molecule has 0 saturated heterocycles. The zero-order valence-electron chi connectivity index (χ0n) is 10.4. The van der Waals surface area contributed by atoms with Crippen molar-refractivity contribution in [2.45, 2.75) is 13.3 Å². The molecule has 0 fully saturated rings. The number of Topliss-reactive ketones (excluding diaryl/α,β-unsaturated/α-hetero) is 2. The first kappa shape index (κ1) is 13.1. The Morgan fingerprint density at radius 2 is 1.84 bits per heavy atom. The van der Waals surface area contributed by atoms with Crippen molar-refractivity contribution in [3.63, 3.8) is 0 Å². The van der Waals surface area contributed by atoms with Crippen LogP contribution in [0.1, 0.15) is 32.8 Å². The van der Waals surface area contributed by atoms with Crippen LogP contribution in [-0.2, 0) is 0 Å². The Balaban J connectivity index is 2.13. The molecule has 0 unspecified atom stereocenters. The number of halogens is 1. The monoisotopic (exact) mass is 257 g/mol. The standard InChI is InChI=1S/C15H12FNO2/c1-10-7-13(17-9-12(10)16)15(19)8-14(18)11-5-3-2-4-6-11/h2-7,9H,8H2,1H3. The molecule has 96 valence electrons. The Kier molecular flexibility index (Phi) is 3.80. The van der Waals surface area contributed by atoms with E-state index >= 15 is 0 Å². The molecule has 0 saturated carbocycles. The maximum Gasteiger partial charge on any atom is 0.188 e. The highest BCUT2D eigenvalue weighted by Gasteiger charge is 2.15. The molecule has 1 heterocycles. The molecular formula is C15H12FNO2. The Labute approximate surface area is 110 Å². The van der Waals surface area contributed by atoms with E-state index in [-0.39, 0.29) is 17.9 Å². The van der Waals surface area contributed by atoms with Crippen LogP contribution in [-0.4, -0.2) is 16.6 Å². The van der Waals surface area contributed by atoms with Gasteiger partial charge in [0.1, 0.15) is 11.5 Å². The number of carbonyl (C=O) groups is 2. The maximum absolute atomic E-state index is 13.0. The molecule has 0 radical (unpaired) electrons. The first-order valence-electron chi connectivity index (χ1n) is 5.81. The van der Waals surface area contributed by atoms with Crippen molar-refractivity contribution in [3.8, 4) is 0 Å². The van der Waals surface area contributed by atoms with Gasteiger partial charge in [-0.2, -0.15) is 0 Å². The topological polar surface area (TPSA) is 47.0 Å². The van der Waals surface area contributed by atoms with Crippen molar-refractivity contribution in [3.05, 3.63) is 65.2 Å². The van der Waals surface area contributed by atoms with Crippen LogP contribution in [0.5, 0.6) is 0 Å². The molecule has 0 spiro atoms. The molecule has 2 aromatic rings.